The molecule has 178 valence electrons. The fourth-order valence-corrected chi connectivity index (χ4v) is 6.70. The molecule has 1 aromatic heterocycles. The van der Waals surface area contributed by atoms with Crippen molar-refractivity contribution in [2.75, 3.05) is 26.2 Å². The van der Waals surface area contributed by atoms with Gasteiger partial charge in [-0.2, -0.15) is 4.31 Å². The zero-order valence-corrected chi connectivity index (χ0v) is 19.7. The van der Waals surface area contributed by atoms with Gasteiger partial charge >= 0.3 is 0 Å². The van der Waals surface area contributed by atoms with E-state index in [1.165, 1.54) is 23.0 Å². The van der Waals surface area contributed by atoms with E-state index in [0.717, 1.165) is 51.4 Å². The number of rotatable bonds is 5. The molecule has 1 saturated carbocycles. The number of carbonyl (C=O) groups excluding carboxylic acids is 2. The lowest BCUT2D eigenvalue weighted by Gasteiger charge is -2.32. The van der Waals surface area contributed by atoms with Gasteiger partial charge in [0, 0.05) is 38.4 Å². The van der Waals surface area contributed by atoms with E-state index in [1.54, 1.807) is 0 Å². The number of hydrogen-bond donors (Lipinski definition) is 2. The summed E-state index contributed by atoms with van der Waals surface area (Å²) in [6.07, 6.45) is 12.5. The molecular formula is C23H36N4O4S. The summed E-state index contributed by atoms with van der Waals surface area (Å²) in [5.74, 6) is -0.489. The lowest BCUT2D eigenvalue weighted by molar-refractivity contribution is -0.127. The normalized spacial score (nSPS) is 24.1. The quantitative estimate of drug-likeness (QED) is 0.699. The second-order valence-electron chi connectivity index (χ2n) is 9.50. The predicted molar refractivity (Wildman–Crippen MR) is 122 cm³/mol. The third-order valence-electron chi connectivity index (χ3n) is 7.12. The molecule has 0 unspecified atom stereocenters. The van der Waals surface area contributed by atoms with E-state index in [1.807, 2.05) is 4.90 Å². The monoisotopic (exact) mass is 464 g/mol. The minimum atomic E-state index is -3.76. The van der Waals surface area contributed by atoms with Gasteiger partial charge in [-0.1, -0.05) is 32.1 Å². The van der Waals surface area contributed by atoms with Crippen LogP contribution in [0.3, 0.4) is 0 Å². The Morgan fingerprint density at radius 2 is 1.59 bits per heavy atom. The molecule has 0 aromatic carbocycles. The first-order valence-electron chi connectivity index (χ1n) is 12.2. The molecule has 3 heterocycles. The van der Waals surface area contributed by atoms with Gasteiger partial charge in [0.05, 0.1) is 5.92 Å². The minimum Gasteiger partial charge on any atom is -0.356 e. The molecule has 1 aliphatic carbocycles. The van der Waals surface area contributed by atoms with Crippen LogP contribution in [0.1, 0.15) is 81.1 Å². The van der Waals surface area contributed by atoms with Crippen LogP contribution in [-0.2, 0) is 14.8 Å². The molecule has 0 spiro atoms. The van der Waals surface area contributed by atoms with Crippen molar-refractivity contribution in [1.82, 2.24) is 19.5 Å². The maximum Gasteiger partial charge on any atom is 0.270 e. The number of hydrogen-bond acceptors (Lipinski definition) is 4. The van der Waals surface area contributed by atoms with Gasteiger partial charge in [-0.3, -0.25) is 9.59 Å². The van der Waals surface area contributed by atoms with Crippen molar-refractivity contribution >= 4 is 21.8 Å². The number of sulfonamides is 1. The van der Waals surface area contributed by atoms with Crippen LogP contribution in [0.15, 0.2) is 17.2 Å². The largest absolute Gasteiger partial charge is 0.356 e. The Labute approximate surface area is 191 Å². The average molecular weight is 465 g/mol. The first-order valence-corrected chi connectivity index (χ1v) is 13.7. The predicted octanol–water partition coefficient (Wildman–Crippen LogP) is 2.88. The van der Waals surface area contributed by atoms with E-state index in [4.69, 9.17) is 0 Å². The van der Waals surface area contributed by atoms with Gasteiger partial charge in [0.2, 0.25) is 15.9 Å². The minimum absolute atomic E-state index is 0.0251. The molecule has 4 rings (SSSR count). The van der Waals surface area contributed by atoms with Crippen molar-refractivity contribution in [2.45, 2.75) is 81.6 Å². The molecule has 32 heavy (non-hydrogen) atoms. The zero-order chi connectivity index (χ0) is 22.6. The highest BCUT2D eigenvalue weighted by Crippen LogP contribution is 2.26. The summed E-state index contributed by atoms with van der Waals surface area (Å²) in [7, 11) is -3.76. The summed E-state index contributed by atoms with van der Waals surface area (Å²) >= 11 is 0. The van der Waals surface area contributed by atoms with Crippen LogP contribution in [0, 0.1) is 5.92 Å². The fraction of sp³-hybridized carbons (Fsp3) is 0.739. The fourth-order valence-electron chi connectivity index (χ4n) is 5.18. The van der Waals surface area contributed by atoms with Gasteiger partial charge in [-0.25, -0.2) is 8.42 Å². The second kappa shape index (κ2) is 10.4. The van der Waals surface area contributed by atoms with E-state index in [9.17, 15) is 18.0 Å². The maximum absolute atomic E-state index is 13.3. The Morgan fingerprint density at radius 1 is 0.906 bits per heavy atom. The topological polar surface area (TPSA) is 103 Å². The molecule has 2 amide bonds. The summed E-state index contributed by atoms with van der Waals surface area (Å²) < 4.78 is 27.9. The van der Waals surface area contributed by atoms with Crippen molar-refractivity contribution in [3.05, 3.63) is 18.0 Å². The Hall–Kier alpha value is -1.87. The van der Waals surface area contributed by atoms with Crippen molar-refractivity contribution in [1.29, 1.82) is 0 Å². The molecular weight excluding hydrogens is 428 g/mol. The van der Waals surface area contributed by atoms with Crippen LogP contribution in [0.4, 0.5) is 0 Å². The highest BCUT2D eigenvalue weighted by atomic mass is 32.2. The van der Waals surface area contributed by atoms with Crippen molar-refractivity contribution in [3.63, 3.8) is 0 Å². The van der Waals surface area contributed by atoms with E-state index in [0.29, 0.717) is 38.2 Å². The molecule has 9 heteroatoms. The van der Waals surface area contributed by atoms with Gasteiger partial charge < -0.3 is 15.2 Å². The van der Waals surface area contributed by atoms with E-state index >= 15 is 0 Å². The van der Waals surface area contributed by atoms with E-state index in [2.05, 4.69) is 10.3 Å². The summed E-state index contributed by atoms with van der Waals surface area (Å²) in [6, 6.07) is 1.68. The third-order valence-corrected chi connectivity index (χ3v) is 8.97. The van der Waals surface area contributed by atoms with Crippen molar-refractivity contribution < 1.29 is 18.0 Å². The molecule has 0 radical (unpaired) electrons. The number of aromatic nitrogens is 1. The number of carbonyl (C=O) groups is 2. The second-order valence-corrected chi connectivity index (χ2v) is 11.4. The third kappa shape index (κ3) is 5.36. The van der Waals surface area contributed by atoms with Crippen LogP contribution in [0.25, 0.3) is 0 Å². The standard InChI is InChI=1S/C23H36N4O4S/c28-22(25-19-10-4-3-5-11-19)18-9-8-14-27(17-18)32(30,31)20-15-21(24-16-20)23(29)26-12-6-1-2-7-13-26/h15-16,18-19,24H,1-14,17H2,(H,25,28)/t18-/m0/s1. The molecule has 1 aromatic rings. The lowest BCUT2D eigenvalue weighted by atomic mass is 9.93. The number of H-pyrrole nitrogens is 1. The average Bonchev–Trinajstić information content (AvgIpc) is 3.16. The number of nitrogens with zero attached hydrogens (tertiary/aromatic N) is 2. The van der Waals surface area contributed by atoms with E-state index < -0.39 is 10.0 Å². The Morgan fingerprint density at radius 3 is 2.31 bits per heavy atom. The Bertz CT molecular complexity index is 899. The number of aromatic amines is 1. The molecule has 2 N–H and O–H groups in total. The molecule has 8 nitrogen and oxygen atoms in total. The first-order chi connectivity index (χ1) is 15.4. The SMILES string of the molecule is O=C(NC1CCCCC1)[C@H]1CCCN(S(=O)(=O)c2c[nH]c(C(=O)N3CCCCCC3)c2)C1. The van der Waals surface area contributed by atoms with Gasteiger partial charge in [-0.05, 0) is 44.6 Å². The highest BCUT2D eigenvalue weighted by Gasteiger charge is 2.35. The molecule has 2 aliphatic heterocycles. The lowest BCUT2D eigenvalue weighted by Crippen LogP contribution is -2.47. The molecule has 0 bridgehead atoms. The molecule has 3 fully saturated rings. The van der Waals surface area contributed by atoms with Gasteiger partial charge in [0.15, 0.2) is 0 Å². The van der Waals surface area contributed by atoms with Gasteiger partial charge in [0.25, 0.3) is 5.91 Å². The van der Waals surface area contributed by atoms with Crippen LogP contribution in [-0.4, -0.2) is 66.6 Å². The van der Waals surface area contributed by atoms with Crippen molar-refractivity contribution in [3.8, 4) is 0 Å². The van der Waals surface area contributed by atoms with Gasteiger partial charge in [0.1, 0.15) is 10.6 Å². The van der Waals surface area contributed by atoms with Crippen LogP contribution in [0.2, 0.25) is 0 Å². The number of piperidine rings is 1. The summed E-state index contributed by atoms with van der Waals surface area (Å²) in [6.45, 7) is 2.02. The number of amides is 2. The number of likely N-dealkylation sites (tertiary alicyclic amines) is 1. The smallest absolute Gasteiger partial charge is 0.270 e. The van der Waals surface area contributed by atoms with Crippen LogP contribution < -0.4 is 5.32 Å². The van der Waals surface area contributed by atoms with Crippen LogP contribution in [0.5, 0.6) is 0 Å². The molecule has 1 atom stereocenters. The summed E-state index contributed by atoms with van der Waals surface area (Å²) in [4.78, 5) is 30.4. The first kappa shape index (κ1) is 23.3. The van der Waals surface area contributed by atoms with Crippen molar-refractivity contribution in [2.24, 2.45) is 5.92 Å². The van der Waals surface area contributed by atoms with Crippen LogP contribution >= 0.6 is 0 Å². The maximum atomic E-state index is 13.3. The zero-order valence-electron chi connectivity index (χ0n) is 18.9. The van der Waals surface area contributed by atoms with Gasteiger partial charge in [-0.15, -0.1) is 0 Å². The Kier molecular flexibility index (Phi) is 7.55. The molecule has 2 saturated heterocycles. The highest BCUT2D eigenvalue weighted by molar-refractivity contribution is 7.89. The summed E-state index contributed by atoms with van der Waals surface area (Å²) in [5, 5.41) is 3.14. The summed E-state index contributed by atoms with van der Waals surface area (Å²) in [5.41, 5.74) is 0.314. The molecule has 3 aliphatic rings. The van der Waals surface area contributed by atoms with E-state index in [-0.39, 0.29) is 35.2 Å². The Balaban J connectivity index is 1.40. The number of nitrogens with one attached hydrogen (secondary N) is 2.